The number of anilines is 2. The Labute approximate surface area is 182 Å². The molecule has 3 aromatic carbocycles. The van der Waals surface area contributed by atoms with Crippen molar-refractivity contribution < 1.29 is 23.1 Å². The summed E-state index contributed by atoms with van der Waals surface area (Å²) < 4.78 is 39.9. The minimum absolute atomic E-state index is 0.0414. The second-order valence-corrected chi connectivity index (χ2v) is 7.85. The molecule has 0 bridgehead atoms. The van der Waals surface area contributed by atoms with Crippen LogP contribution < -0.4 is 9.80 Å². The lowest BCUT2D eigenvalue weighted by Crippen LogP contribution is -2.45. The number of β-amino-alcohol motifs (C(OH)–C–C–N with tert-alkyl or cyclic N) is 1. The topological polar surface area (TPSA) is 43.8 Å². The van der Waals surface area contributed by atoms with Gasteiger partial charge in [-0.2, -0.15) is 13.2 Å². The van der Waals surface area contributed by atoms with E-state index in [0.29, 0.717) is 16.4 Å². The monoisotopic (exact) mass is 446 g/mol. The summed E-state index contributed by atoms with van der Waals surface area (Å²) in [6.45, 7) is 1.65. The number of aryl methyl sites for hydroxylation is 1. The molecule has 4 rings (SSSR count). The molecule has 8 heteroatoms. The number of urea groups is 1. The van der Waals surface area contributed by atoms with E-state index in [0.717, 1.165) is 22.6 Å². The van der Waals surface area contributed by atoms with E-state index in [1.165, 1.54) is 29.2 Å². The summed E-state index contributed by atoms with van der Waals surface area (Å²) in [5.41, 5.74) is -1.16. The second kappa shape index (κ2) is 7.59. The normalized spacial score (nSPS) is 19.2. The van der Waals surface area contributed by atoms with Gasteiger partial charge in [0.25, 0.3) is 0 Å². The number of carbonyl (C=O) groups excluding carboxylic acids is 1. The third kappa shape index (κ3) is 3.86. The predicted octanol–water partition coefficient (Wildman–Crippen LogP) is 5.96. The summed E-state index contributed by atoms with van der Waals surface area (Å²) in [4.78, 5) is 15.8. The molecule has 3 aromatic rings. The van der Waals surface area contributed by atoms with E-state index in [1.807, 2.05) is 19.1 Å². The highest BCUT2D eigenvalue weighted by molar-refractivity contribution is 6.30. The number of amides is 2. The average Bonchev–Trinajstić information content (AvgIpc) is 3.01. The van der Waals surface area contributed by atoms with Crippen molar-refractivity contribution in [3.8, 4) is 0 Å². The Morgan fingerprint density at radius 2 is 1.58 bits per heavy atom. The summed E-state index contributed by atoms with van der Waals surface area (Å²) in [6.07, 6.45) is -4.59. The molecule has 1 atom stereocenters. The highest BCUT2D eigenvalue weighted by atomic mass is 35.5. The summed E-state index contributed by atoms with van der Waals surface area (Å²) in [7, 11) is 0. The van der Waals surface area contributed by atoms with Crippen molar-refractivity contribution >= 4 is 29.0 Å². The van der Waals surface area contributed by atoms with Gasteiger partial charge in [0.15, 0.2) is 5.72 Å². The zero-order valence-electron chi connectivity index (χ0n) is 16.4. The highest BCUT2D eigenvalue weighted by Gasteiger charge is 2.51. The molecule has 1 aliphatic rings. The van der Waals surface area contributed by atoms with Crippen molar-refractivity contribution in [3.05, 3.63) is 94.5 Å². The van der Waals surface area contributed by atoms with Crippen LogP contribution >= 0.6 is 11.6 Å². The van der Waals surface area contributed by atoms with Crippen LogP contribution in [0.25, 0.3) is 0 Å². The maximum Gasteiger partial charge on any atom is 0.416 e. The molecule has 2 amide bonds. The summed E-state index contributed by atoms with van der Waals surface area (Å²) in [6, 6.07) is 17.1. The van der Waals surface area contributed by atoms with Crippen LogP contribution in [-0.4, -0.2) is 17.7 Å². The van der Waals surface area contributed by atoms with Gasteiger partial charge in [-0.15, -0.1) is 0 Å². The fourth-order valence-corrected chi connectivity index (χ4v) is 3.77. The first-order valence-corrected chi connectivity index (χ1v) is 9.81. The molecule has 1 fully saturated rings. The van der Waals surface area contributed by atoms with Crippen LogP contribution in [0.2, 0.25) is 5.02 Å². The first kappa shape index (κ1) is 21.2. The Morgan fingerprint density at radius 1 is 0.968 bits per heavy atom. The van der Waals surface area contributed by atoms with E-state index in [-0.39, 0.29) is 12.1 Å². The zero-order chi connectivity index (χ0) is 22.4. The Balaban J connectivity index is 1.85. The molecule has 1 saturated heterocycles. The van der Waals surface area contributed by atoms with Crippen molar-refractivity contribution in [3.63, 3.8) is 0 Å². The molecular formula is C23H18ClF3N2O2. The highest BCUT2D eigenvalue weighted by Crippen LogP contribution is 2.41. The fraction of sp³-hybridized carbons (Fsp3) is 0.174. The quantitative estimate of drug-likeness (QED) is 0.539. The average molecular weight is 447 g/mol. The number of hydrogen-bond acceptors (Lipinski definition) is 2. The molecule has 160 valence electrons. The second-order valence-electron chi connectivity index (χ2n) is 7.41. The van der Waals surface area contributed by atoms with Gasteiger partial charge in [-0.25, -0.2) is 4.79 Å². The maximum atomic E-state index is 13.4. The van der Waals surface area contributed by atoms with Crippen LogP contribution in [-0.2, 0) is 11.9 Å². The molecule has 0 aromatic heterocycles. The SMILES string of the molecule is Cc1ccc(N2CC(O)(c3cccc(C(F)(F)F)c3)N(c3ccc(Cl)cc3)C2=O)cc1. The molecule has 1 N–H and O–H groups in total. The van der Waals surface area contributed by atoms with Crippen LogP contribution in [0.5, 0.6) is 0 Å². The predicted molar refractivity (Wildman–Crippen MR) is 113 cm³/mol. The Morgan fingerprint density at radius 3 is 2.19 bits per heavy atom. The maximum absolute atomic E-state index is 13.4. The van der Waals surface area contributed by atoms with Gasteiger partial charge in [0.05, 0.1) is 12.1 Å². The molecule has 0 spiro atoms. The molecule has 1 unspecified atom stereocenters. The third-order valence-corrected chi connectivity index (χ3v) is 5.51. The van der Waals surface area contributed by atoms with E-state index in [4.69, 9.17) is 11.6 Å². The smallest absolute Gasteiger partial charge is 0.365 e. The van der Waals surface area contributed by atoms with E-state index in [1.54, 1.807) is 24.3 Å². The van der Waals surface area contributed by atoms with E-state index in [2.05, 4.69) is 0 Å². The van der Waals surface area contributed by atoms with Crippen molar-refractivity contribution in [1.29, 1.82) is 0 Å². The minimum atomic E-state index is -4.59. The largest absolute Gasteiger partial charge is 0.416 e. The number of hydrogen-bond donors (Lipinski definition) is 1. The van der Waals surface area contributed by atoms with Gasteiger partial charge in [-0.1, -0.05) is 41.4 Å². The van der Waals surface area contributed by atoms with Crippen LogP contribution in [0.3, 0.4) is 0 Å². The van der Waals surface area contributed by atoms with Gasteiger partial charge >= 0.3 is 12.2 Å². The van der Waals surface area contributed by atoms with Gasteiger partial charge in [0.2, 0.25) is 0 Å². The van der Waals surface area contributed by atoms with Crippen molar-refractivity contribution in [1.82, 2.24) is 0 Å². The summed E-state index contributed by atoms with van der Waals surface area (Å²) in [5.74, 6) is 0. The zero-order valence-corrected chi connectivity index (χ0v) is 17.2. The fourth-order valence-electron chi connectivity index (χ4n) is 3.64. The first-order chi connectivity index (χ1) is 14.6. The number of rotatable bonds is 3. The molecule has 0 radical (unpaired) electrons. The minimum Gasteiger partial charge on any atom is -0.365 e. The Hall–Kier alpha value is -3.03. The van der Waals surface area contributed by atoms with E-state index >= 15 is 0 Å². The van der Waals surface area contributed by atoms with E-state index in [9.17, 15) is 23.1 Å². The van der Waals surface area contributed by atoms with Gasteiger partial charge in [-0.3, -0.25) is 9.80 Å². The first-order valence-electron chi connectivity index (χ1n) is 9.44. The Kier molecular flexibility index (Phi) is 5.19. The number of carbonyl (C=O) groups is 1. The molecular weight excluding hydrogens is 429 g/mol. The molecule has 31 heavy (non-hydrogen) atoms. The third-order valence-electron chi connectivity index (χ3n) is 5.25. The lowest BCUT2D eigenvalue weighted by Gasteiger charge is -2.32. The van der Waals surface area contributed by atoms with Gasteiger partial charge in [0.1, 0.15) is 0 Å². The standard InChI is InChI=1S/C23H18ClF3N2O2/c1-15-5-9-19(10-6-15)28-14-22(31,16-3-2-4-17(13-16)23(25,26)27)29(21(28)30)20-11-7-18(24)8-12-20/h2-13,31H,14H2,1H3. The van der Waals surface area contributed by atoms with Crippen molar-refractivity contribution in [2.45, 2.75) is 18.8 Å². The molecule has 0 saturated carbocycles. The molecule has 0 aliphatic carbocycles. The van der Waals surface area contributed by atoms with Crippen LogP contribution in [0.15, 0.2) is 72.8 Å². The van der Waals surface area contributed by atoms with Crippen LogP contribution in [0.1, 0.15) is 16.7 Å². The van der Waals surface area contributed by atoms with Crippen molar-refractivity contribution in [2.75, 3.05) is 16.3 Å². The number of benzene rings is 3. The number of alkyl halides is 3. The Bertz CT molecular complexity index is 1120. The lowest BCUT2D eigenvalue weighted by molar-refractivity contribution is -0.137. The van der Waals surface area contributed by atoms with Gasteiger partial charge < -0.3 is 5.11 Å². The number of nitrogens with zero attached hydrogens (tertiary/aromatic N) is 2. The summed E-state index contributed by atoms with van der Waals surface area (Å²) >= 11 is 5.95. The molecule has 4 nitrogen and oxygen atoms in total. The molecule has 1 aliphatic heterocycles. The van der Waals surface area contributed by atoms with Gasteiger partial charge in [0, 0.05) is 22.0 Å². The molecule has 1 heterocycles. The van der Waals surface area contributed by atoms with Crippen LogP contribution in [0, 0.1) is 6.92 Å². The lowest BCUT2D eigenvalue weighted by atomic mass is 9.98. The van der Waals surface area contributed by atoms with Gasteiger partial charge in [-0.05, 0) is 55.5 Å². The van der Waals surface area contributed by atoms with Crippen LogP contribution in [0.4, 0.5) is 29.3 Å². The number of aliphatic hydroxyl groups is 1. The summed E-state index contributed by atoms with van der Waals surface area (Å²) in [5, 5.41) is 12.1. The van der Waals surface area contributed by atoms with Crippen molar-refractivity contribution in [2.24, 2.45) is 0 Å². The van der Waals surface area contributed by atoms with E-state index < -0.39 is 23.5 Å². The number of halogens is 4.